The molecule has 0 amide bonds. The van der Waals surface area contributed by atoms with Crippen LogP contribution in [0.2, 0.25) is 5.02 Å². The van der Waals surface area contributed by atoms with Gasteiger partial charge in [-0.15, -0.1) is 11.3 Å². The molecule has 1 unspecified atom stereocenters. The first-order valence-corrected chi connectivity index (χ1v) is 20.3. The quantitative estimate of drug-likeness (QED) is 0.0749. The van der Waals surface area contributed by atoms with Gasteiger partial charge < -0.3 is 39.0 Å². The lowest BCUT2D eigenvalue weighted by molar-refractivity contribution is -0.151. The number of carbonyl (C=O) groups is 1. The number of aromatic nitrogens is 4. The Kier molecular flexibility index (Phi) is 13.5. The summed E-state index contributed by atoms with van der Waals surface area (Å²) in [5.74, 6) is 0.592. The number of aromatic hydroxyl groups is 1. The van der Waals surface area contributed by atoms with Gasteiger partial charge in [-0.25, -0.2) is 29.1 Å². The van der Waals surface area contributed by atoms with Gasteiger partial charge >= 0.3 is 5.97 Å². The van der Waals surface area contributed by atoms with Gasteiger partial charge in [-0.3, -0.25) is 0 Å². The van der Waals surface area contributed by atoms with E-state index in [0.29, 0.717) is 71.5 Å². The van der Waals surface area contributed by atoms with Gasteiger partial charge in [0.2, 0.25) is 12.0 Å². The summed E-state index contributed by atoms with van der Waals surface area (Å²) in [6.07, 6.45) is 0.442. The summed E-state index contributed by atoms with van der Waals surface area (Å²) in [4.78, 5) is 33.1. The molecule has 7 rings (SSSR count). The van der Waals surface area contributed by atoms with Crippen molar-refractivity contribution in [2.75, 3.05) is 26.9 Å². The molecule has 0 bridgehead atoms. The van der Waals surface area contributed by atoms with Crippen LogP contribution in [0.25, 0.3) is 43.2 Å². The number of hydrogen-bond donors (Lipinski definition) is 3. The van der Waals surface area contributed by atoms with Gasteiger partial charge in [-0.1, -0.05) is 41.9 Å². The van der Waals surface area contributed by atoms with Crippen LogP contribution in [0.15, 0.2) is 97.5 Å². The number of aliphatic hydroxyl groups excluding tert-OH is 2. The number of para-hydroxylation sites is 1. The Labute approximate surface area is 359 Å². The van der Waals surface area contributed by atoms with Crippen molar-refractivity contribution in [1.82, 2.24) is 19.9 Å². The monoisotopic (exact) mass is 866 g/mol. The topological polar surface area (TPSA) is 175 Å². The second-order valence-corrected chi connectivity index (χ2v) is 15.0. The summed E-state index contributed by atoms with van der Waals surface area (Å²) in [5, 5.41) is 30.5. The van der Waals surface area contributed by atoms with E-state index in [0.717, 1.165) is 0 Å². The molecule has 61 heavy (non-hydrogen) atoms. The maximum atomic E-state index is 14.2. The Bertz CT molecular complexity index is 2670. The number of halogens is 2. The molecule has 0 spiro atoms. The fourth-order valence-electron chi connectivity index (χ4n) is 6.54. The first kappa shape index (κ1) is 42.7. The molecule has 0 aliphatic carbocycles. The zero-order valence-corrected chi connectivity index (χ0v) is 34.7. The molecule has 16 heteroatoms. The van der Waals surface area contributed by atoms with Crippen LogP contribution in [0.4, 0.5) is 4.39 Å². The Morgan fingerprint density at radius 1 is 0.934 bits per heavy atom. The lowest BCUT2D eigenvalue weighted by atomic mass is 9.96. The first-order valence-electron chi connectivity index (χ1n) is 19.1. The third-order valence-electron chi connectivity index (χ3n) is 9.51. The number of fused-ring (bicyclic) bond motifs is 1. The number of thiophene rings is 1. The van der Waals surface area contributed by atoms with Crippen molar-refractivity contribution in [2.24, 2.45) is 0 Å². The SMILES string of the molecule is CCOC(=O)C(Cc1cc(O)ccc1OCc1ccnc(-c2ccccc2OC)n1)Oc1ncnc2sc(-c3ccc(F)cc3)c(-c3ccc(OC[C@H](O)CO)c(Cl)c3C)c12. The van der Waals surface area contributed by atoms with Crippen molar-refractivity contribution >= 4 is 39.1 Å². The predicted octanol–water partition coefficient (Wildman–Crippen LogP) is 8.16. The number of methoxy groups -OCH3 is 1. The van der Waals surface area contributed by atoms with Crippen LogP contribution in [-0.2, 0) is 22.6 Å². The fourth-order valence-corrected chi connectivity index (χ4v) is 7.91. The highest BCUT2D eigenvalue weighted by Gasteiger charge is 2.30. The van der Waals surface area contributed by atoms with Crippen molar-refractivity contribution in [3.05, 3.63) is 125 Å². The van der Waals surface area contributed by atoms with Gasteiger partial charge in [0.15, 0.2) is 5.82 Å². The maximum Gasteiger partial charge on any atom is 0.347 e. The minimum atomic E-state index is -1.29. The van der Waals surface area contributed by atoms with E-state index in [1.54, 1.807) is 63.6 Å². The van der Waals surface area contributed by atoms with E-state index in [9.17, 15) is 24.5 Å². The van der Waals surface area contributed by atoms with E-state index in [2.05, 4.69) is 19.9 Å². The molecule has 13 nitrogen and oxygen atoms in total. The third kappa shape index (κ3) is 9.66. The smallest absolute Gasteiger partial charge is 0.347 e. The number of nitrogens with zero attached hydrogens (tertiary/aromatic N) is 4. The Morgan fingerprint density at radius 3 is 2.49 bits per heavy atom. The molecule has 4 aromatic carbocycles. The van der Waals surface area contributed by atoms with Crippen LogP contribution in [0, 0.1) is 12.7 Å². The van der Waals surface area contributed by atoms with E-state index >= 15 is 0 Å². The molecule has 314 valence electrons. The normalized spacial score (nSPS) is 12.2. The van der Waals surface area contributed by atoms with Crippen LogP contribution >= 0.6 is 22.9 Å². The fraction of sp³-hybridized carbons (Fsp3) is 0.222. The first-order chi connectivity index (χ1) is 29.6. The van der Waals surface area contributed by atoms with Gasteiger partial charge in [0, 0.05) is 28.6 Å². The number of benzene rings is 4. The van der Waals surface area contributed by atoms with E-state index in [-0.39, 0.29) is 48.6 Å². The number of hydrogen-bond acceptors (Lipinski definition) is 14. The molecule has 0 aliphatic rings. The molecule has 3 aromatic heterocycles. The van der Waals surface area contributed by atoms with Crippen molar-refractivity contribution in [1.29, 1.82) is 0 Å². The predicted molar refractivity (Wildman–Crippen MR) is 228 cm³/mol. The summed E-state index contributed by atoms with van der Waals surface area (Å²) in [6, 6.07) is 23.1. The van der Waals surface area contributed by atoms with Crippen molar-refractivity contribution < 1.29 is 48.2 Å². The minimum Gasteiger partial charge on any atom is -0.508 e. The van der Waals surface area contributed by atoms with Crippen LogP contribution < -0.4 is 18.9 Å². The summed E-state index contributed by atoms with van der Waals surface area (Å²) in [5.41, 5.74) is 4.22. The average molecular weight is 867 g/mol. The molecule has 0 aliphatic heterocycles. The summed E-state index contributed by atoms with van der Waals surface area (Å²) in [6.45, 7) is 2.89. The largest absolute Gasteiger partial charge is 0.508 e. The van der Waals surface area contributed by atoms with Crippen LogP contribution in [0.5, 0.6) is 28.9 Å². The molecule has 0 fully saturated rings. The van der Waals surface area contributed by atoms with Gasteiger partial charge in [-0.2, -0.15) is 0 Å². The van der Waals surface area contributed by atoms with E-state index in [4.69, 9.17) is 35.3 Å². The second-order valence-electron chi connectivity index (χ2n) is 13.6. The Morgan fingerprint density at radius 2 is 1.72 bits per heavy atom. The highest BCUT2D eigenvalue weighted by Crippen LogP contribution is 2.49. The van der Waals surface area contributed by atoms with Crippen LogP contribution in [0.3, 0.4) is 0 Å². The molecule has 3 N–H and O–H groups in total. The highest BCUT2D eigenvalue weighted by atomic mass is 35.5. The van der Waals surface area contributed by atoms with Gasteiger partial charge in [0.1, 0.15) is 59.3 Å². The van der Waals surface area contributed by atoms with Crippen molar-refractivity contribution in [2.45, 2.75) is 39.1 Å². The Balaban J connectivity index is 1.26. The molecular formula is C45H40ClFN4O9S. The number of carbonyl (C=O) groups excluding carboxylic acids is 1. The molecule has 0 saturated carbocycles. The number of ether oxygens (including phenoxy) is 5. The van der Waals surface area contributed by atoms with E-state index in [1.165, 1.54) is 41.9 Å². The van der Waals surface area contributed by atoms with Crippen molar-refractivity contribution in [3.8, 4) is 61.8 Å². The number of phenols is 1. The van der Waals surface area contributed by atoms with Crippen molar-refractivity contribution in [3.63, 3.8) is 0 Å². The molecule has 2 atom stereocenters. The summed E-state index contributed by atoms with van der Waals surface area (Å²) in [7, 11) is 1.58. The summed E-state index contributed by atoms with van der Waals surface area (Å²) < 4.78 is 43.7. The van der Waals surface area contributed by atoms with Crippen LogP contribution in [-0.4, -0.2) is 80.4 Å². The van der Waals surface area contributed by atoms with E-state index < -0.39 is 30.6 Å². The lowest BCUT2D eigenvalue weighted by Gasteiger charge is -2.20. The molecular weight excluding hydrogens is 827 g/mol. The Hall–Kier alpha value is -6.39. The average Bonchev–Trinajstić information content (AvgIpc) is 3.66. The molecule has 7 aromatic rings. The molecule has 0 saturated heterocycles. The third-order valence-corrected chi connectivity index (χ3v) is 11.1. The standard InChI is InChI=1S/C45H40ClFN4O9S/c1-4-57-45(55)37(20-27-19-30(53)13-15-34(27)58-22-29-17-18-48-42(51-29)33-7-5-6-8-35(33)56-3)60-43-39-38(32-14-16-36(40(46)25(32)2)59-23-31(54)21-52)41(61-44(39)50-24-49-43)26-9-11-28(47)12-10-26/h5-19,24,31,37,52-54H,4,20-23H2,1-3H3/t31-,37?/m1/s1. The number of aliphatic hydroxyl groups is 2. The highest BCUT2D eigenvalue weighted by molar-refractivity contribution is 7.22. The van der Waals surface area contributed by atoms with Gasteiger partial charge in [-0.05, 0) is 85.1 Å². The van der Waals surface area contributed by atoms with Gasteiger partial charge in [0.05, 0.1) is 42.0 Å². The summed E-state index contributed by atoms with van der Waals surface area (Å²) >= 11 is 8.17. The second kappa shape index (κ2) is 19.3. The van der Waals surface area contributed by atoms with Gasteiger partial charge in [0.25, 0.3) is 0 Å². The lowest BCUT2D eigenvalue weighted by Crippen LogP contribution is -2.32. The zero-order chi connectivity index (χ0) is 43.0. The van der Waals surface area contributed by atoms with Crippen LogP contribution in [0.1, 0.15) is 23.7 Å². The number of esters is 1. The minimum absolute atomic E-state index is 0.0259. The molecule has 0 radical (unpaired) electrons. The zero-order valence-electron chi connectivity index (χ0n) is 33.2. The number of phenolic OH excluding ortho intramolecular Hbond substituents is 1. The maximum absolute atomic E-state index is 14.2. The van der Waals surface area contributed by atoms with E-state index in [1.807, 2.05) is 24.3 Å². The molecule has 3 heterocycles. The number of rotatable bonds is 17.